The van der Waals surface area contributed by atoms with E-state index < -0.39 is 0 Å². The molecule has 0 radical (unpaired) electrons. The third kappa shape index (κ3) is 2.93. The van der Waals surface area contributed by atoms with Gasteiger partial charge in [-0.15, -0.1) is 10.2 Å². The van der Waals surface area contributed by atoms with E-state index in [4.69, 9.17) is 0 Å². The average Bonchev–Trinajstić information content (AvgIpc) is 2.99. The zero-order valence-electron chi connectivity index (χ0n) is 12.5. The number of rotatable bonds is 4. The third-order valence-corrected chi connectivity index (χ3v) is 3.46. The molecule has 0 atom stereocenters. The number of tetrazole rings is 1. The second kappa shape index (κ2) is 5.89. The Morgan fingerprint density at radius 3 is 2.64 bits per heavy atom. The molecule has 0 bridgehead atoms. The molecule has 0 fully saturated rings. The van der Waals surface area contributed by atoms with E-state index in [-0.39, 0.29) is 12.3 Å². The minimum absolute atomic E-state index is 0.0155. The van der Waals surface area contributed by atoms with Gasteiger partial charge < -0.3 is 0 Å². The molecule has 0 aliphatic carbocycles. The van der Waals surface area contributed by atoms with E-state index in [9.17, 15) is 4.79 Å². The van der Waals surface area contributed by atoms with Crippen molar-refractivity contribution in [3.8, 4) is 11.4 Å². The molecule has 3 aromatic rings. The molecule has 22 heavy (non-hydrogen) atoms. The van der Waals surface area contributed by atoms with Gasteiger partial charge in [-0.1, -0.05) is 48.0 Å². The highest BCUT2D eigenvalue weighted by atomic mass is 16.1. The minimum atomic E-state index is -0.0155. The Balaban J connectivity index is 1.81. The van der Waals surface area contributed by atoms with Crippen LogP contribution in [0.25, 0.3) is 11.4 Å². The van der Waals surface area contributed by atoms with E-state index in [2.05, 4.69) is 15.4 Å². The number of hydrogen-bond acceptors (Lipinski definition) is 4. The monoisotopic (exact) mass is 292 g/mol. The van der Waals surface area contributed by atoms with Gasteiger partial charge in [0.2, 0.25) is 5.82 Å². The fraction of sp³-hybridized carbons (Fsp3) is 0.176. The van der Waals surface area contributed by atoms with E-state index in [1.54, 1.807) is 0 Å². The summed E-state index contributed by atoms with van der Waals surface area (Å²) in [6, 6.07) is 15.4. The van der Waals surface area contributed by atoms with Crippen LogP contribution in [-0.4, -0.2) is 26.0 Å². The number of ketones is 1. The highest BCUT2D eigenvalue weighted by Crippen LogP contribution is 2.14. The molecule has 2 aromatic carbocycles. The first-order valence-corrected chi connectivity index (χ1v) is 7.07. The van der Waals surface area contributed by atoms with Crippen molar-refractivity contribution < 1.29 is 4.79 Å². The van der Waals surface area contributed by atoms with Gasteiger partial charge in [-0.2, -0.15) is 4.80 Å². The summed E-state index contributed by atoms with van der Waals surface area (Å²) in [6.45, 7) is 3.98. The van der Waals surface area contributed by atoms with Crippen molar-refractivity contribution in [3.63, 3.8) is 0 Å². The zero-order chi connectivity index (χ0) is 15.5. The number of aryl methyl sites for hydroxylation is 2. The molecule has 1 aromatic heterocycles. The quantitative estimate of drug-likeness (QED) is 0.694. The van der Waals surface area contributed by atoms with Crippen molar-refractivity contribution in [1.82, 2.24) is 20.2 Å². The average molecular weight is 292 g/mol. The molecule has 0 saturated carbocycles. The summed E-state index contributed by atoms with van der Waals surface area (Å²) in [5.41, 5.74) is 3.61. The van der Waals surface area contributed by atoms with Crippen molar-refractivity contribution in [2.24, 2.45) is 0 Å². The third-order valence-electron chi connectivity index (χ3n) is 3.46. The van der Waals surface area contributed by atoms with Crippen LogP contribution in [0.5, 0.6) is 0 Å². The lowest BCUT2D eigenvalue weighted by molar-refractivity contribution is 0.0960. The van der Waals surface area contributed by atoms with Crippen LogP contribution in [0.2, 0.25) is 0 Å². The van der Waals surface area contributed by atoms with Crippen LogP contribution in [0, 0.1) is 13.8 Å². The predicted molar refractivity (Wildman–Crippen MR) is 83.5 cm³/mol. The minimum Gasteiger partial charge on any atom is -0.292 e. The molecule has 1 heterocycles. The largest absolute Gasteiger partial charge is 0.292 e. The molecule has 0 amide bonds. The summed E-state index contributed by atoms with van der Waals surface area (Å²) < 4.78 is 0. The Hall–Kier alpha value is -2.82. The number of carbonyl (C=O) groups is 1. The molecule has 0 spiro atoms. The number of Topliss-reactive ketones (excluding diaryl/α,β-unsaturated/α-hetero) is 1. The first kappa shape index (κ1) is 14.1. The molecular formula is C17H16N4O. The maximum atomic E-state index is 12.4. The summed E-state index contributed by atoms with van der Waals surface area (Å²) >= 11 is 0. The predicted octanol–water partition coefficient (Wildman–Crippen LogP) is 2.84. The Bertz CT molecular complexity index is 809. The molecule has 0 unspecified atom stereocenters. The van der Waals surface area contributed by atoms with Gasteiger partial charge in [0.1, 0.15) is 6.54 Å². The second-order valence-electron chi connectivity index (χ2n) is 5.25. The summed E-state index contributed by atoms with van der Waals surface area (Å²) in [7, 11) is 0. The van der Waals surface area contributed by atoms with Gasteiger partial charge >= 0.3 is 0 Å². The van der Waals surface area contributed by atoms with Gasteiger partial charge in [0, 0.05) is 11.1 Å². The van der Waals surface area contributed by atoms with Crippen LogP contribution in [0.1, 0.15) is 21.5 Å². The van der Waals surface area contributed by atoms with Crippen LogP contribution in [0.3, 0.4) is 0 Å². The van der Waals surface area contributed by atoms with Gasteiger partial charge in [0.25, 0.3) is 0 Å². The summed E-state index contributed by atoms with van der Waals surface area (Å²) in [4.78, 5) is 13.7. The number of nitrogens with zero attached hydrogens (tertiary/aromatic N) is 4. The Kier molecular flexibility index (Phi) is 3.78. The Morgan fingerprint density at radius 1 is 1.09 bits per heavy atom. The molecule has 0 aliphatic heterocycles. The molecule has 0 saturated heterocycles. The SMILES string of the molecule is Cc1ccc(C)c(C(=O)Cn2nnc(-c3ccccc3)n2)c1. The van der Waals surface area contributed by atoms with Gasteiger partial charge in [0.05, 0.1) is 0 Å². The van der Waals surface area contributed by atoms with Gasteiger partial charge in [-0.25, -0.2) is 0 Å². The van der Waals surface area contributed by atoms with Gasteiger partial charge in [0.15, 0.2) is 5.78 Å². The lowest BCUT2D eigenvalue weighted by Gasteiger charge is -2.05. The van der Waals surface area contributed by atoms with Crippen molar-refractivity contribution in [3.05, 3.63) is 65.2 Å². The molecule has 5 nitrogen and oxygen atoms in total. The van der Waals surface area contributed by atoms with Crippen LogP contribution in [-0.2, 0) is 6.54 Å². The standard InChI is InChI=1S/C17H16N4O/c1-12-8-9-13(2)15(10-12)16(22)11-21-19-17(18-20-21)14-6-4-3-5-7-14/h3-10H,11H2,1-2H3. The summed E-state index contributed by atoms with van der Waals surface area (Å²) in [6.07, 6.45) is 0. The number of benzene rings is 2. The lowest BCUT2D eigenvalue weighted by atomic mass is 10.0. The van der Waals surface area contributed by atoms with Crippen LogP contribution in [0.4, 0.5) is 0 Å². The number of aromatic nitrogens is 4. The Morgan fingerprint density at radius 2 is 1.86 bits per heavy atom. The molecular weight excluding hydrogens is 276 g/mol. The van der Waals surface area contributed by atoms with E-state index in [1.807, 2.05) is 62.4 Å². The van der Waals surface area contributed by atoms with Crippen molar-refractivity contribution >= 4 is 5.78 Å². The van der Waals surface area contributed by atoms with Crippen molar-refractivity contribution in [2.75, 3.05) is 0 Å². The zero-order valence-corrected chi connectivity index (χ0v) is 12.5. The fourth-order valence-electron chi connectivity index (χ4n) is 2.26. The van der Waals surface area contributed by atoms with E-state index >= 15 is 0 Å². The molecule has 0 N–H and O–H groups in total. The first-order valence-electron chi connectivity index (χ1n) is 7.07. The van der Waals surface area contributed by atoms with Crippen LogP contribution < -0.4 is 0 Å². The maximum absolute atomic E-state index is 12.4. The van der Waals surface area contributed by atoms with E-state index in [1.165, 1.54) is 4.80 Å². The molecule has 110 valence electrons. The van der Waals surface area contributed by atoms with E-state index in [0.29, 0.717) is 11.4 Å². The van der Waals surface area contributed by atoms with Gasteiger partial charge in [-0.05, 0) is 30.7 Å². The molecule has 3 rings (SSSR count). The number of carbonyl (C=O) groups excluding carboxylic acids is 1. The molecule has 5 heteroatoms. The topological polar surface area (TPSA) is 60.7 Å². The normalized spacial score (nSPS) is 10.6. The second-order valence-corrected chi connectivity index (χ2v) is 5.25. The molecule has 0 aliphatic rings. The van der Waals surface area contributed by atoms with Crippen LogP contribution in [0.15, 0.2) is 48.5 Å². The van der Waals surface area contributed by atoms with Crippen molar-refractivity contribution in [2.45, 2.75) is 20.4 Å². The Labute approximate surface area is 128 Å². The first-order chi connectivity index (χ1) is 10.6. The number of hydrogen-bond donors (Lipinski definition) is 0. The lowest BCUT2D eigenvalue weighted by Crippen LogP contribution is -2.14. The van der Waals surface area contributed by atoms with Gasteiger partial charge in [-0.3, -0.25) is 4.79 Å². The fourth-order valence-corrected chi connectivity index (χ4v) is 2.26. The smallest absolute Gasteiger partial charge is 0.204 e. The highest BCUT2D eigenvalue weighted by molar-refractivity contribution is 5.97. The maximum Gasteiger partial charge on any atom is 0.204 e. The highest BCUT2D eigenvalue weighted by Gasteiger charge is 2.13. The summed E-state index contributed by atoms with van der Waals surface area (Å²) in [5, 5.41) is 12.2. The van der Waals surface area contributed by atoms with Crippen molar-refractivity contribution in [1.29, 1.82) is 0 Å². The summed E-state index contributed by atoms with van der Waals surface area (Å²) in [5.74, 6) is 0.507. The van der Waals surface area contributed by atoms with Crippen LogP contribution >= 0.6 is 0 Å². The van der Waals surface area contributed by atoms with E-state index in [0.717, 1.165) is 16.7 Å².